The summed E-state index contributed by atoms with van der Waals surface area (Å²) in [6.07, 6.45) is 0. The van der Waals surface area contributed by atoms with Crippen molar-refractivity contribution in [3.63, 3.8) is 0 Å². The average Bonchev–Trinajstić information content (AvgIpc) is 3.11. The van der Waals surface area contributed by atoms with E-state index in [2.05, 4.69) is 4.98 Å². The fourth-order valence-corrected chi connectivity index (χ4v) is 3.22. The van der Waals surface area contributed by atoms with E-state index in [-0.39, 0.29) is 6.04 Å². The van der Waals surface area contributed by atoms with Gasteiger partial charge in [0.2, 0.25) is 0 Å². The third-order valence-electron chi connectivity index (χ3n) is 3.62. The molecule has 0 fully saturated rings. The first-order chi connectivity index (χ1) is 11.2. The monoisotopic (exact) mass is 326 g/mol. The Labute approximate surface area is 139 Å². The Bertz CT molecular complexity index is 787. The molecule has 3 rings (SSSR count). The van der Waals surface area contributed by atoms with Crippen LogP contribution in [-0.4, -0.2) is 19.2 Å². The van der Waals surface area contributed by atoms with Crippen LogP contribution < -0.4 is 15.2 Å². The first-order valence-corrected chi connectivity index (χ1v) is 8.09. The van der Waals surface area contributed by atoms with Crippen LogP contribution in [0.2, 0.25) is 0 Å². The Morgan fingerprint density at radius 2 is 1.74 bits per heavy atom. The molecule has 3 aromatic rings. The summed E-state index contributed by atoms with van der Waals surface area (Å²) in [5, 5.41) is 2.90. The molecule has 0 bridgehead atoms. The van der Waals surface area contributed by atoms with Crippen LogP contribution in [0.5, 0.6) is 11.5 Å². The molecule has 1 heterocycles. The van der Waals surface area contributed by atoms with Gasteiger partial charge >= 0.3 is 0 Å². The maximum absolute atomic E-state index is 6.37. The van der Waals surface area contributed by atoms with Crippen molar-refractivity contribution in [3.8, 4) is 22.8 Å². The summed E-state index contributed by atoms with van der Waals surface area (Å²) in [6.45, 7) is 0. The molecule has 0 amide bonds. The fourth-order valence-electron chi connectivity index (χ4n) is 2.36. The quantitative estimate of drug-likeness (QED) is 0.773. The van der Waals surface area contributed by atoms with Crippen molar-refractivity contribution >= 4 is 11.3 Å². The van der Waals surface area contributed by atoms with Crippen LogP contribution in [0.15, 0.2) is 53.9 Å². The molecule has 0 saturated heterocycles. The molecule has 23 heavy (non-hydrogen) atoms. The molecule has 1 aromatic heterocycles. The lowest BCUT2D eigenvalue weighted by Crippen LogP contribution is -2.11. The molecule has 118 valence electrons. The number of nitrogens with two attached hydrogens (primary N) is 1. The van der Waals surface area contributed by atoms with Crippen molar-refractivity contribution in [1.82, 2.24) is 4.98 Å². The van der Waals surface area contributed by atoms with Crippen LogP contribution in [0.25, 0.3) is 11.3 Å². The van der Waals surface area contributed by atoms with Gasteiger partial charge in [-0.2, -0.15) is 0 Å². The number of nitrogens with zero attached hydrogens (tertiary/aromatic N) is 1. The van der Waals surface area contributed by atoms with Gasteiger partial charge in [0.1, 0.15) is 5.01 Å². The van der Waals surface area contributed by atoms with Crippen molar-refractivity contribution < 1.29 is 9.47 Å². The predicted molar refractivity (Wildman–Crippen MR) is 93.1 cm³/mol. The number of hydrogen-bond acceptors (Lipinski definition) is 5. The minimum absolute atomic E-state index is 0.294. The SMILES string of the molecule is COc1ccc(C(N)c2nc(-c3ccccc3)cs2)cc1OC. The Balaban J connectivity index is 1.89. The normalized spacial score (nSPS) is 12.0. The number of thiazole rings is 1. The zero-order valence-electron chi connectivity index (χ0n) is 13.0. The molecular formula is C18H18N2O2S. The maximum Gasteiger partial charge on any atom is 0.161 e. The van der Waals surface area contributed by atoms with E-state index in [0.717, 1.165) is 21.8 Å². The van der Waals surface area contributed by atoms with Gasteiger partial charge in [-0.05, 0) is 17.7 Å². The summed E-state index contributed by atoms with van der Waals surface area (Å²) in [5.74, 6) is 1.35. The third kappa shape index (κ3) is 3.21. The summed E-state index contributed by atoms with van der Waals surface area (Å²) in [4.78, 5) is 4.68. The molecule has 0 saturated carbocycles. The highest BCUT2D eigenvalue weighted by Crippen LogP contribution is 2.33. The van der Waals surface area contributed by atoms with Crippen molar-refractivity contribution in [2.75, 3.05) is 14.2 Å². The highest BCUT2D eigenvalue weighted by atomic mass is 32.1. The summed E-state index contributed by atoms with van der Waals surface area (Å²) >= 11 is 1.56. The molecule has 2 aromatic carbocycles. The van der Waals surface area contributed by atoms with E-state index in [0.29, 0.717) is 11.5 Å². The Kier molecular flexibility index (Phi) is 4.60. The number of methoxy groups -OCH3 is 2. The molecule has 0 spiro atoms. The van der Waals surface area contributed by atoms with Crippen LogP contribution >= 0.6 is 11.3 Å². The first kappa shape index (κ1) is 15.5. The van der Waals surface area contributed by atoms with Gasteiger partial charge in [0.15, 0.2) is 11.5 Å². The summed E-state index contributed by atoms with van der Waals surface area (Å²) < 4.78 is 10.6. The second-order valence-corrected chi connectivity index (χ2v) is 5.92. The van der Waals surface area contributed by atoms with E-state index in [1.165, 1.54) is 0 Å². The Morgan fingerprint density at radius 1 is 1.00 bits per heavy atom. The highest BCUT2D eigenvalue weighted by molar-refractivity contribution is 7.10. The van der Waals surface area contributed by atoms with Gasteiger partial charge in [-0.15, -0.1) is 11.3 Å². The van der Waals surface area contributed by atoms with E-state index in [4.69, 9.17) is 15.2 Å². The number of hydrogen-bond donors (Lipinski definition) is 1. The Morgan fingerprint density at radius 3 is 2.43 bits per heavy atom. The van der Waals surface area contributed by atoms with E-state index in [1.54, 1.807) is 25.6 Å². The first-order valence-electron chi connectivity index (χ1n) is 7.21. The van der Waals surface area contributed by atoms with Crippen molar-refractivity contribution in [3.05, 3.63) is 64.5 Å². The number of benzene rings is 2. The minimum atomic E-state index is -0.294. The van der Waals surface area contributed by atoms with Gasteiger partial charge in [-0.3, -0.25) is 0 Å². The number of aromatic nitrogens is 1. The van der Waals surface area contributed by atoms with Gasteiger partial charge in [0.25, 0.3) is 0 Å². The molecule has 2 N–H and O–H groups in total. The molecule has 0 radical (unpaired) electrons. The highest BCUT2D eigenvalue weighted by Gasteiger charge is 2.16. The second kappa shape index (κ2) is 6.81. The lowest BCUT2D eigenvalue weighted by Gasteiger charge is -2.13. The molecule has 5 heteroatoms. The largest absolute Gasteiger partial charge is 0.493 e. The number of rotatable bonds is 5. The lowest BCUT2D eigenvalue weighted by molar-refractivity contribution is 0.354. The Hall–Kier alpha value is -2.37. The summed E-state index contributed by atoms with van der Waals surface area (Å²) in [6, 6.07) is 15.5. The minimum Gasteiger partial charge on any atom is -0.493 e. The van der Waals surface area contributed by atoms with Gasteiger partial charge < -0.3 is 15.2 Å². The smallest absolute Gasteiger partial charge is 0.161 e. The van der Waals surface area contributed by atoms with E-state index >= 15 is 0 Å². The van der Waals surface area contributed by atoms with Crippen molar-refractivity contribution in [2.24, 2.45) is 5.73 Å². The molecule has 1 atom stereocenters. The van der Waals surface area contributed by atoms with Crippen LogP contribution in [0.3, 0.4) is 0 Å². The van der Waals surface area contributed by atoms with Crippen LogP contribution in [-0.2, 0) is 0 Å². The molecular weight excluding hydrogens is 308 g/mol. The van der Waals surface area contributed by atoms with E-state index in [9.17, 15) is 0 Å². The van der Waals surface area contributed by atoms with Gasteiger partial charge in [-0.1, -0.05) is 36.4 Å². The number of ether oxygens (including phenoxy) is 2. The molecule has 0 aliphatic heterocycles. The fraction of sp³-hybridized carbons (Fsp3) is 0.167. The van der Waals surface area contributed by atoms with E-state index in [1.807, 2.05) is 53.9 Å². The third-order valence-corrected chi connectivity index (χ3v) is 4.55. The molecule has 0 aliphatic rings. The molecule has 0 aliphatic carbocycles. The summed E-state index contributed by atoms with van der Waals surface area (Å²) in [7, 11) is 3.23. The summed E-state index contributed by atoms with van der Waals surface area (Å²) in [5.41, 5.74) is 9.35. The van der Waals surface area contributed by atoms with Gasteiger partial charge in [0, 0.05) is 10.9 Å². The van der Waals surface area contributed by atoms with Crippen LogP contribution in [0.1, 0.15) is 16.6 Å². The molecule has 4 nitrogen and oxygen atoms in total. The topological polar surface area (TPSA) is 57.4 Å². The standard InChI is InChI=1S/C18H18N2O2S/c1-21-15-9-8-13(10-16(15)22-2)17(19)18-20-14(11-23-18)12-6-4-3-5-7-12/h3-11,17H,19H2,1-2H3. The lowest BCUT2D eigenvalue weighted by atomic mass is 10.1. The predicted octanol–water partition coefficient (Wildman–Crippen LogP) is 3.88. The zero-order valence-corrected chi connectivity index (χ0v) is 13.8. The molecule has 1 unspecified atom stereocenters. The van der Waals surface area contributed by atoms with Crippen LogP contribution in [0, 0.1) is 0 Å². The van der Waals surface area contributed by atoms with Gasteiger partial charge in [-0.25, -0.2) is 4.98 Å². The zero-order chi connectivity index (χ0) is 16.2. The van der Waals surface area contributed by atoms with Crippen LogP contribution in [0.4, 0.5) is 0 Å². The average molecular weight is 326 g/mol. The van der Waals surface area contributed by atoms with Crippen molar-refractivity contribution in [1.29, 1.82) is 0 Å². The second-order valence-electron chi connectivity index (χ2n) is 5.03. The maximum atomic E-state index is 6.37. The van der Waals surface area contributed by atoms with E-state index < -0.39 is 0 Å². The van der Waals surface area contributed by atoms with Gasteiger partial charge in [0.05, 0.1) is 26.0 Å². The van der Waals surface area contributed by atoms with Crippen molar-refractivity contribution in [2.45, 2.75) is 6.04 Å².